The van der Waals surface area contributed by atoms with E-state index in [2.05, 4.69) is 0 Å². The Morgan fingerprint density at radius 3 is 2.09 bits per heavy atom. The van der Waals surface area contributed by atoms with Crippen LogP contribution in [0.15, 0.2) is 18.2 Å². The fourth-order valence-electron chi connectivity index (χ4n) is 4.51. The van der Waals surface area contributed by atoms with Crippen LogP contribution in [0.3, 0.4) is 0 Å². The van der Waals surface area contributed by atoms with Crippen LogP contribution in [0, 0.1) is 30.1 Å². The van der Waals surface area contributed by atoms with Crippen LogP contribution in [-0.4, -0.2) is 11.8 Å². The van der Waals surface area contributed by atoms with Gasteiger partial charge in [-0.1, -0.05) is 26.8 Å². The monoisotopic (exact) mass is 300 g/mol. The van der Waals surface area contributed by atoms with Gasteiger partial charge < -0.3 is 4.74 Å². The van der Waals surface area contributed by atoms with E-state index < -0.39 is 10.8 Å². The predicted octanol–water partition coefficient (Wildman–Crippen LogP) is 3.99. The lowest BCUT2D eigenvalue weighted by Gasteiger charge is -2.37. The van der Waals surface area contributed by atoms with Crippen LogP contribution in [0.5, 0.6) is 5.75 Å². The molecular formula is C19H24O3. The Bertz CT molecular complexity index is 653. The Kier molecular flexibility index (Phi) is 3.08. The number of Topliss-reactive ketones (excluding diaryl/α,β-unsaturated/α-hetero) is 1. The standard InChI is InChI=1S/C19H24O3/c1-12-8-13(2)10-14(9-12)22-16(21)19-7-6-18(5,15(20)11-19)17(19,3)4/h8-10H,6-7,11H2,1-5H3/t18-,19-/m1/s1. The summed E-state index contributed by atoms with van der Waals surface area (Å²) in [5.74, 6) is 0.554. The molecule has 0 radical (unpaired) electrons. The molecule has 22 heavy (non-hydrogen) atoms. The van der Waals surface area contributed by atoms with Crippen molar-refractivity contribution in [3.63, 3.8) is 0 Å². The molecule has 0 aromatic heterocycles. The van der Waals surface area contributed by atoms with Gasteiger partial charge in [0.05, 0.1) is 5.41 Å². The molecular weight excluding hydrogens is 276 g/mol. The fraction of sp³-hybridized carbons (Fsp3) is 0.579. The van der Waals surface area contributed by atoms with Crippen LogP contribution >= 0.6 is 0 Å². The third-order valence-electron chi connectivity index (χ3n) is 6.50. The summed E-state index contributed by atoms with van der Waals surface area (Å²) >= 11 is 0. The second-order valence-electron chi connectivity index (χ2n) is 7.85. The first kappa shape index (κ1) is 15.3. The molecule has 0 N–H and O–H groups in total. The maximum atomic E-state index is 12.9. The Morgan fingerprint density at radius 2 is 1.64 bits per heavy atom. The molecule has 1 aromatic rings. The van der Waals surface area contributed by atoms with Gasteiger partial charge in [-0.15, -0.1) is 0 Å². The number of carbonyl (C=O) groups excluding carboxylic acids is 2. The van der Waals surface area contributed by atoms with Crippen molar-refractivity contribution in [1.82, 2.24) is 0 Å². The SMILES string of the molecule is Cc1cc(C)cc(OC(=O)[C@@]23CC[C@](C)(C(=O)C2)C3(C)C)c1. The molecule has 2 fully saturated rings. The second kappa shape index (κ2) is 4.43. The van der Waals surface area contributed by atoms with E-state index in [-0.39, 0.29) is 17.2 Å². The molecule has 2 saturated carbocycles. The Morgan fingerprint density at radius 1 is 1.05 bits per heavy atom. The summed E-state index contributed by atoms with van der Waals surface area (Å²) in [5.41, 5.74) is 0.717. The lowest BCUT2D eigenvalue weighted by molar-refractivity contribution is -0.151. The summed E-state index contributed by atoms with van der Waals surface area (Å²) in [4.78, 5) is 25.4. The molecule has 0 heterocycles. The summed E-state index contributed by atoms with van der Waals surface area (Å²) in [6, 6.07) is 5.80. The van der Waals surface area contributed by atoms with Crippen LogP contribution in [0.4, 0.5) is 0 Å². The van der Waals surface area contributed by atoms with E-state index in [4.69, 9.17) is 4.74 Å². The first-order valence-electron chi connectivity index (χ1n) is 7.96. The number of rotatable bonds is 2. The first-order chi connectivity index (χ1) is 10.1. The van der Waals surface area contributed by atoms with Gasteiger partial charge in [0.15, 0.2) is 0 Å². The number of hydrogen-bond acceptors (Lipinski definition) is 3. The fourth-order valence-corrected chi connectivity index (χ4v) is 4.51. The molecule has 0 spiro atoms. The maximum Gasteiger partial charge on any atom is 0.318 e. The van der Waals surface area contributed by atoms with Crippen molar-refractivity contribution in [2.45, 2.75) is 53.9 Å². The molecule has 3 nitrogen and oxygen atoms in total. The smallest absolute Gasteiger partial charge is 0.318 e. The molecule has 1 aromatic carbocycles. The molecule has 2 atom stereocenters. The molecule has 2 bridgehead atoms. The van der Waals surface area contributed by atoms with Crippen molar-refractivity contribution in [3.8, 4) is 5.75 Å². The number of ketones is 1. The molecule has 0 aliphatic heterocycles. The third-order valence-corrected chi connectivity index (χ3v) is 6.50. The van der Waals surface area contributed by atoms with Crippen molar-refractivity contribution in [1.29, 1.82) is 0 Å². The Balaban J connectivity index is 1.94. The molecule has 2 aliphatic rings. The van der Waals surface area contributed by atoms with Gasteiger partial charge in [-0.3, -0.25) is 9.59 Å². The van der Waals surface area contributed by atoms with Gasteiger partial charge in [0.2, 0.25) is 0 Å². The molecule has 118 valence electrons. The summed E-state index contributed by atoms with van der Waals surface area (Å²) in [6.07, 6.45) is 1.84. The summed E-state index contributed by atoms with van der Waals surface area (Å²) in [5, 5.41) is 0. The predicted molar refractivity (Wildman–Crippen MR) is 84.7 cm³/mol. The van der Waals surface area contributed by atoms with Crippen LogP contribution in [0.2, 0.25) is 0 Å². The third kappa shape index (κ3) is 1.74. The zero-order chi connectivity index (χ0) is 16.3. The summed E-state index contributed by atoms with van der Waals surface area (Å²) in [6.45, 7) is 10.1. The summed E-state index contributed by atoms with van der Waals surface area (Å²) < 4.78 is 5.72. The summed E-state index contributed by atoms with van der Waals surface area (Å²) in [7, 11) is 0. The Hall–Kier alpha value is -1.64. The average molecular weight is 300 g/mol. The van der Waals surface area contributed by atoms with E-state index in [1.165, 1.54) is 0 Å². The molecule has 3 rings (SSSR count). The lowest BCUT2D eigenvalue weighted by Crippen LogP contribution is -2.42. The minimum Gasteiger partial charge on any atom is -0.426 e. The van der Waals surface area contributed by atoms with E-state index in [9.17, 15) is 9.59 Å². The number of hydrogen-bond donors (Lipinski definition) is 0. The molecule has 0 amide bonds. The minimum absolute atomic E-state index is 0.209. The zero-order valence-electron chi connectivity index (χ0n) is 14.1. The van der Waals surface area contributed by atoms with Crippen LogP contribution < -0.4 is 4.74 Å². The quantitative estimate of drug-likeness (QED) is 0.612. The van der Waals surface area contributed by atoms with Gasteiger partial charge in [-0.25, -0.2) is 0 Å². The highest BCUT2D eigenvalue weighted by Gasteiger charge is 2.73. The van der Waals surface area contributed by atoms with Gasteiger partial charge >= 0.3 is 5.97 Å². The second-order valence-corrected chi connectivity index (χ2v) is 7.85. The number of esters is 1. The molecule has 0 unspecified atom stereocenters. The van der Waals surface area contributed by atoms with Crippen molar-refractivity contribution >= 4 is 11.8 Å². The van der Waals surface area contributed by atoms with Gasteiger partial charge in [0.25, 0.3) is 0 Å². The van der Waals surface area contributed by atoms with Gasteiger partial charge in [-0.05, 0) is 55.4 Å². The van der Waals surface area contributed by atoms with Crippen LogP contribution in [-0.2, 0) is 9.59 Å². The van der Waals surface area contributed by atoms with Crippen molar-refractivity contribution in [3.05, 3.63) is 29.3 Å². The zero-order valence-corrected chi connectivity index (χ0v) is 14.1. The van der Waals surface area contributed by atoms with Crippen molar-refractivity contribution < 1.29 is 14.3 Å². The number of ether oxygens (including phenoxy) is 1. The van der Waals surface area contributed by atoms with Crippen molar-refractivity contribution in [2.75, 3.05) is 0 Å². The highest BCUT2D eigenvalue weighted by molar-refractivity contribution is 5.98. The first-order valence-corrected chi connectivity index (χ1v) is 7.96. The molecule has 0 saturated heterocycles. The largest absolute Gasteiger partial charge is 0.426 e. The average Bonchev–Trinajstić information content (AvgIpc) is 2.67. The number of benzene rings is 1. The minimum atomic E-state index is -0.670. The topological polar surface area (TPSA) is 43.4 Å². The van der Waals surface area contributed by atoms with Crippen LogP contribution in [0.25, 0.3) is 0 Å². The lowest BCUT2D eigenvalue weighted by atomic mass is 9.65. The molecule has 3 heteroatoms. The highest BCUT2D eigenvalue weighted by atomic mass is 16.5. The normalized spacial score (nSPS) is 32.3. The number of aryl methyl sites for hydroxylation is 2. The van der Waals surface area contributed by atoms with E-state index in [1.807, 2.05) is 52.8 Å². The van der Waals surface area contributed by atoms with E-state index in [0.29, 0.717) is 12.2 Å². The number of carbonyl (C=O) groups is 2. The van der Waals surface area contributed by atoms with Gasteiger partial charge in [-0.2, -0.15) is 0 Å². The maximum absolute atomic E-state index is 12.9. The van der Waals surface area contributed by atoms with E-state index >= 15 is 0 Å². The Labute approximate surface area is 132 Å². The van der Waals surface area contributed by atoms with E-state index in [0.717, 1.165) is 24.0 Å². The highest BCUT2D eigenvalue weighted by Crippen LogP contribution is 2.70. The van der Waals surface area contributed by atoms with E-state index in [1.54, 1.807) is 0 Å². The van der Waals surface area contributed by atoms with Crippen molar-refractivity contribution in [2.24, 2.45) is 16.2 Å². The van der Waals surface area contributed by atoms with Crippen LogP contribution in [0.1, 0.15) is 51.2 Å². The van der Waals surface area contributed by atoms with Gasteiger partial charge in [0, 0.05) is 11.8 Å². The van der Waals surface area contributed by atoms with Gasteiger partial charge in [0.1, 0.15) is 11.5 Å². The molecule has 2 aliphatic carbocycles. The number of fused-ring (bicyclic) bond motifs is 2.